The smallest absolute Gasteiger partial charge is 0.137 e. The number of hydrogen-bond donors (Lipinski definition) is 1. The summed E-state index contributed by atoms with van der Waals surface area (Å²) in [5, 5.41) is 10.3. The quantitative estimate of drug-likeness (QED) is 0.806. The molecule has 0 radical (unpaired) electrons. The lowest BCUT2D eigenvalue weighted by Crippen LogP contribution is -2.23. The minimum absolute atomic E-state index is 0.0649. The molecule has 1 unspecified atom stereocenters. The van der Waals surface area contributed by atoms with Crippen molar-refractivity contribution in [1.82, 2.24) is 0 Å². The number of benzene rings is 1. The Balaban J connectivity index is 2.36. The molecule has 1 fully saturated rings. The lowest BCUT2D eigenvalue weighted by molar-refractivity contribution is 0.0377. The maximum absolute atomic E-state index is 13.7. The highest BCUT2D eigenvalue weighted by molar-refractivity contribution is 9.10. The van der Waals surface area contributed by atoms with E-state index in [0.29, 0.717) is 0 Å². The number of hydrogen-bond acceptors (Lipinski definition) is 1. The molecule has 1 nitrogen and oxygen atoms in total. The number of rotatable bonds is 2. The summed E-state index contributed by atoms with van der Waals surface area (Å²) < 4.78 is 27.2. The fraction of sp³-hybridized carbons (Fsp3) is 0.538. The van der Waals surface area contributed by atoms with Crippen molar-refractivity contribution in [3.8, 4) is 0 Å². The van der Waals surface area contributed by atoms with Crippen molar-refractivity contribution in [1.29, 1.82) is 0 Å². The highest BCUT2D eigenvalue weighted by Crippen LogP contribution is 2.47. The fourth-order valence-electron chi connectivity index (χ4n) is 2.58. The zero-order chi connectivity index (χ0) is 12.6. The van der Waals surface area contributed by atoms with Crippen molar-refractivity contribution < 1.29 is 13.9 Å². The van der Waals surface area contributed by atoms with Gasteiger partial charge in [-0.3, -0.25) is 0 Å². The van der Waals surface area contributed by atoms with Crippen LogP contribution >= 0.6 is 15.9 Å². The molecule has 0 amide bonds. The molecule has 0 bridgehead atoms. The standard InChI is InChI=1S/C13H15BrF2O/c1-13(4-2-3-5-13)12(17)8-6-11(16)9(14)7-10(8)15/h6-7,12,17H,2-5H2,1H3. The Hall–Kier alpha value is -0.480. The highest BCUT2D eigenvalue weighted by atomic mass is 79.9. The molecule has 2 rings (SSSR count). The lowest BCUT2D eigenvalue weighted by atomic mass is 9.79. The highest BCUT2D eigenvalue weighted by Gasteiger charge is 2.38. The van der Waals surface area contributed by atoms with Crippen molar-refractivity contribution in [3.63, 3.8) is 0 Å². The zero-order valence-electron chi connectivity index (χ0n) is 9.64. The number of halogens is 3. The van der Waals surface area contributed by atoms with Gasteiger partial charge in [-0.15, -0.1) is 0 Å². The van der Waals surface area contributed by atoms with Crippen LogP contribution in [0.25, 0.3) is 0 Å². The van der Waals surface area contributed by atoms with Crippen LogP contribution in [0, 0.1) is 17.0 Å². The predicted octanol–water partition coefficient (Wildman–Crippen LogP) is 4.34. The van der Waals surface area contributed by atoms with E-state index < -0.39 is 17.7 Å². The van der Waals surface area contributed by atoms with E-state index >= 15 is 0 Å². The largest absolute Gasteiger partial charge is 0.388 e. The van der Waals surface area contributed by atoms with E-state index in [9.17, 15) is 13.9 Å². The zero-order valence-corrected chi connectivity index (χ0v) is 11.2. The van der Waals surface area contributed by atoms with Crippen molar-refractivity contribution in [2.75, 3.05) is 0 Å². The second-order valence-corrected chi connectivity index (χ2v) is 5.91. The third kappa shape index (κ3) is 2.38. The van der Waals surface area contributed by atoms with Gasteiger partial charge in [0.05, 0.1) is 10.6 Å². The van der Waals surface area contributed by atoms with Crippen LogP contribution < -0.4 is 0 Å². The molecule has 1 saturated carbocycles. The van der Waals surface area contributed by atoms with Crippen LogP contribution in [-0.2, 0) is 0 Å². The molecule has 1 N–H and O–H groups in total. The minimum atomic E-state index is -0.937. The summed E-state index contributed by atoms with van der Waals surface area (Å²) in [5.74, 6) is -1.10. The van der Waals surface area contributed by atoms with Crippen molar-refractivity contribution in [3.05, 3.63) is 33.8 Å². The van der Waals surface area contributed by atoms with Crippen molar-refractivity contribution in [2.24, 2.45) is 5.41 Å². The molecule has 1 aromatic rings. The first-order valence-corrected chi connectivity index (χ1v) is 6.56. The Labute approximate surface area is 108 Å². The molecular formula is C13H15BrF2O. The summed E-state index contributed by atoms with van der Waals surface area (Å²) in [6.07, 6.45) is 2.84. The Morgan fingerprint density at radius 1 is 1.24 bits per heavy atom. The van der Waals surface area contributed by atoms with Crippen LogP contribution in [0.15, 0.2) is 16.6 Å². The molecule has 4 heteroatoms. The van der Waals surface area contributed by atoms with Crippen LogP contribution in [0.5, 0.6) is 0 Å². The molecule has 1 aliphatic rings. The van der Waals surface area contributed by atoms with Gasteiger partial charge in [-0.05, 0) is 46.3 Å². The molecule has 94 valence electrons. The molecule has 1 atom stereocenters. The first-order valence-electron chi connectivity index (χ1n) is 5.76. The molecule has 0 saturated heterocycles. The van der Waals surface area contributed by atoms with Crippen molar-refractivity contribution >= 4 is 15.9 Å². The maximum Gasteiger partial charge on any atom is 0.137 e. The van der Waals surface area contributed by atoms with Gasteiger partial charge in [0.1, 0.15) is 11.6 Å². The summed E-state index contributed by atoms with van der Waals surface area (Å²) in [6.45, 7) is 1.93. The molecule has 0 aromatic heterocycles. The van der Waals surface area contributed by atoms with Gasteiger partial charge in [-0.25, -0.2) is 8.78 Å². The molecule has 0 spiro atoms. The van der Waals surface area contributed by atoms with E-state index in [4.69, 9.17) is 0 Å². The number of aliphatic hydroxyl groups excluding tert-OH is 1. The van der Waals surface area contributed by atoms with Crippen LogP contribution in [0.1, 0.15) is 44.3 Å². The van der Waals surface area contributed by atoms with Gasteiger partial charge in [-0.1, -0.05) is 19.8 Å². The molecule has 17 heavy (non-hydrogen) atoms. The minimum Gasteiger partial charge on any atom is -0.388 e. The monoisotopic (exact) mass is 304 g/mol. The van der Waals surface area contributed by atoms with Gasteiger partial charge < -0.3 is 5.11 Å². The SMILES string of the molecule is CC1(C(O)c2cc(F)c(Br)cc2F)CCCC1. The molecular weight excluding hydrogens is 290 g/mol. The molecule has 1 aromatic carbocycles. The average Bonchev–Trinajstić information content (AvgIpc) is 2.71. The summed E-state index contributed by atoms with van der Waals surface area (Å²) in [5.41, 5.74) is -0.267. The van der Waals surface area contributed by atoms with E-state index in [1.165, 1.54) is 0 Å². The van der Waals surface area contributed by atoms with Crippen LogP contribution in [0.3, 0.4) is 0 Å². The summed E-state index contributed by atoms with van der Waals surface area (Å²) in [6, 6.07) is 2.17. The van der Waals surface area contributed by atoms with Crippen molar-refractivity contribution in [2.45, 2.75) is 38.7 Å². The van der Waals surface area contributed by atoms with Crippen LogP contribution in [-0.4, -0.2) is 5.11 Å². The Bertz CT molecular complexity index is 428. The normalized spacial score (nSPS) is 20.5. The predicted molar refractivity (Wildman–Crippen MR) is 65.6 cm³/mol. The second kappa shape index (κ2) is 4.65. The second-order valence-electron chi connectivity index (χ2n) is 5.05. The van der Waals surface area contributed by atoms with Crippen LogP contribution in [0.4, 0.5) is 8.78 Å². The first-order chi connectivity index (χ1) is 7.94. The summed E-state index contributed by atoms with van der Waals surface area (Å²) in [4.78, 5) is 0. The van der Waals surface area contributed by atoms with E-state index in [-0.39, 0.29) is 15.5 Å². The Morgan fingerprint density at radius 3 is 2.41 bits per heavy atom. The van der Waals surface area contributed by atoms with Crippen LogP contribution in [0.2, 0.25) is 0 Å². The van der Waals surface area contributed by atoms with Gasteiger partial charge >= 0.3 is 0 Å². The molecule has 1 aliphatic carbocycles. The fourth-order valence-corrected chi connectivity index (χ4v) is 2.89. The van der Waals surface area contributed by atoms with Gasteiger partial charge in [0, 0.05) is 5.56 Å². The molecule has 0 heterocycles. The van der Waals surface area contributed by atoms with E-state index in [2.05, 4.69) is 15.9 Å². The average molecular weight is 305 g/mol. The third-order valence-corrected chi connectivity index (χ3v) is 4.35. The van der Waals surface area contributed by atoms with Gasteiger partial charge in [0.2, 0.25) is 0 Å². The summed E-state index contributed by atoms with van der Waals surface area (Å²) in [7, 11) is 0. The van der Waals surface area contributed by atoms with E-state index in [0.717, 1.165) is 37.8 Å². The first kappa shape index (κ1) is 13.0. The van der Waals surface area contributed by atoms with E-state index in [1.54, 1.807) is 0 Å². The molecule has 0 aliphatic heterocycles. The lowest BCUT2D eigenvalue weighted by Gasteiger charge is -2.30. The van der Waals surface area contributed by atoms with Gasteiger partial charge in [0.15, 0.2) is 0 Å². The Kier molecular flexibility index (Phi) is 3.55. The Morgan fingerprint density at radius 2 is 1.82 bits per heavy atom. The topological polar surface area (TPSA) is 20.2 Å². The van der Waals surface area contributed by atoms with Gasteiger partial charge in [0.25, 0.3) is 0 Å². The van der Waals surface area contributed by atoms with E-state index in [1.807, 2.05) is 6.92 Å². The number of aliphatic hydroxyl groups is 1. The van der Waals surface area contributed by atoms with Gasteiger partial charge in [-0.2, -0.15) is 0 Å². The maximum atomic E-state index is 13.7. The summed E-state index contributed by atoms with van der Waals surface area (Å²) >= 11 is 2.93. The third-order valence-electron chi connectivity index (χ3n) is 3.74.